The van der Waals surface area contributed by atoms with Crippen molar-refractivity contribution in [3.63, 3.8) is 0 Å². The molecule has 2 aromatic rings. The second-order valence-electron chi connectivity index (χ2n) is 7.34. The van der Waals surface area contributed by atoms with Crippen molar-refractivity contribution in [2.75, 3.05) is 18.0 Å². The molecule has 132 valence electrons. The first-order valence-electron chi connectivity index (χ1n) is 9.19. The molecule has 5 nitrogen and oxygen atoms in total. The van der Waals surface area contributed by atoms with Gasteiger partial charge < -0.3 is 9.47 Å². The normalized spacial score (nSPS) is 20.3. The minimum absolute atomic E-state index is 0.202. The van der Waals surface area contributed by atoms with Crippen molar-refractivity contribution in [3.8, 4) is 0 Å². The van der Waals surface area contributed by atoms with Crippen LogP contribution in [0.4, 0.5) is 5.69 Å². The Balaban J connectivity index is 1.51. The molecule has 1 aromatic carbocycles. The average Bonchev–Trinajstić information content (AvgIpc) is 2.88. The molecule has 2 aliphatic rings. The predicted molar refractivity (Wildman–Crippen MR) is 98.7 cm³/mol. The fourth-order valence-corrected chi connectivity index (χ4v) is 4.13. The molecule has 0 saturated carbocycles. The summed E-state index contributed by atoms with van der Waals surface area (Å²) in [6, 6.07) is 8.58. The Hall–Kier alpha value is -2.14. The molecule has 0 N–H and O–H groups in total. The smallest absolute Gasteiger partial charge is 0.241 e. The summed E-state index contributed by atoms with van der Waals surface area (Å²) in [5.74, 6) is 1.29. The van der Waals surface area contributed by atoms with Crippen LogP contribution in [-0.4, -0.2) is 39.5 Å². The number of aromatic nitrogens is 2. The summed E-state index contributed by atoms with van der Waals surface area (Å²) in [5, 5.41) is 0. The molecule has 3 heterocycles. The maximum Gasteiger partial charge on any atom is 0.241 e. The highest BCUT2D eigenvalue weighted by atomic mass is 16.2. The molecule has 0 saturated heterocycles. The number of hydrogen-bond acceptors (Lipinski definition) is 3. The van der Waals surface area contributed by atoms with Gasteiger partial charge in [0, 0.05) is 30.5 Å². The summed E-state index contributed by atoms with van der Waals surface area (Å²) < 4.78 is 2.29. The molecule has 0 spiro atoms. The van der Waals surface area contributed by atoms with Crippen LogP contribution in [0, 0.1) is 13.8 Å². The maximum atomic E-state index is 13.1. The van der Waals surface area contributed by atoms with Gasteiger partial charge in [-0.3, -0.25) is 9.69 Å². The molecule has 1 aromatic heterocycles. The van der Waals surface area contributed by atoms with Crippen LogP contribution in [0.5, 0.6) is 0 Å². The topological polar surface area (TPSA) is 41.4 Å². The lowest BCUT2D eigenvalue weighted by Crippen LogP contribution is -2.48. The summed E-state index contributed by atoms with van der Waals surface area (Å²) in [6.45, 7) is 9.37. The molecule has 0 unspecified atom stereocenters. The Labute approximate surface area is 149 Å². The van der Waals surface area contributed by atoms with E-state index in [1.807, 2.05) is 11.0 Å². The maximum absolute atomic E-state index is 13.1. The molecular weight excluding hydrogens is 312 g/mol. The van der Waals surface area contributed by atoms with Gasteiger partial charge in [0.1, 0.15) is 5.82 Å². The van der Waals surface area contributed by atoms with E-state index in [2.05, 4.69) is 53.4 Å². The lowest BCUT2D eigenvalue weighted by molar-refractivity contribution is -0.120. The van der Waals surface area contributed by atoms with E-state index < -0.39 is 0 Å². The first-order chi connectivity index (χ1) is 12.0. The van der Waals surface area contributed by atoms with Gasteiger partial charge in [0.15, 0.2) is 0 Å². The Kier molecular flexibility index (Phi) is 4.12. The van der Waals surface area contributed by atoms with Crippen molar-refractivity contribution in [2.45, 2.75) is 52.7 Å². The zero-order chi connectivity index (χ0) is 17.6. The van der Waals surface area contributed by atoms with E-state index in [4.69, 9.17) is 0 Å². The van der Waals surface area contributed by atoms with Gasteiger partial charge in [-0.25, -0.2) is 4.98 Å². The fraction of sp³-hybridized carbons (Fsp3) is 0.500. The monoisotopic (exact) mass is 338 g/mol. The third kappa shape index (κ3) is 2.86. The van der Waals surface area contributed by atoms with Gasteiger partial charge in [0.05, 0.1) is 18.8 Å². The highest BCUT2D eigenvalue weighted by molar-refractivity contribution is 5.96. The van der Waals surface area contributed by atoms with E-state index in [1.54, 1.807) is 0 Å². The number of benzene rings is 1. The summed E-state index contributed by atoms with van der Waals surface area (Å²) in [7, 11) is 0. The highest BCUT2D eigenvalue weighted by Gasteiger charge is 2.30. The molecule has 4 rings (SSSR count). The Morgan fingerprint density at radius 2 is 2.04 bits per heavy atom. The van der Waals surface area contributed by atoms with Crippen LogP contribution in [-0.2, 0) is 24.3 Å². The molecule has 0 fully saturated rings. The van der Waals surface area contributed by atoms with E-state index in [-0.39, 0.29) is 11.9 Å². The number of anilines is 1. The van der Waals surface area contributed by atoms with Crippen LogP contribution in [0.2, 0.25) is 0 Å². The highest BCUT2D eigenvalue weighted by Crippen LogP contribution is 2.30. The SMILES string of the molecule is Cc1nc2n(c1C)CCN(CC(=O)N1c3ccccc3CC[C@H]1C)C2. The molecule has 5 heteroatoms. The number of imidazole rings is 1. The Morgan fingerprint density at radius 3 is 2.88 bits per heavy atom. The van der Waals surface area contributed by atoms with Gasteiger partial charge in [-0.05, 0) is 45.2 Å². The Morgan fingerprint density at radius 1 is 1.24 bits per heavy atom. The molecular formula is C20H26N4O. The van der Waals surface area contributed by atoms with Gasteiger partial charge in [-0.1, -0.05) is 18.2 Å². The van der Waals surface area contributed by atoms with Gasteiger partial charge in [0.25, 0.3) is 0 Å². The van der Waals surface area contributed by atoms with Crippen LogP contribution >= 0.6 is 0 Å². The van der Waals surface area contributed by atoms with E-state index >= 15 is 0 Å². The summed E-state index contributed by atoms with van der Waals surface area (Å²) in [4.78, 5) is 22.0. The summed E-state index contributed by atoms with van der Waals surface area (Å²) in [5.41, 5.74) is 4.73. The zero-order valence-electron chi connectivity index (χ0n) is 15.3. The molecule has 1 atom stereocenters. The van der Waals surface area contributed by atoms with E-state index in [1.165, 1.54) is 11.3 Å². The van der Waals surface area contributed by atoms with Crippen LogP contribution in [0.15, 0.2) is 24.3 Å². The number of carbonyl (C=O) groups is 1. The molecule has 1 amide bonds. The van der Waals surface area contributed by atoms with Crippen LogP contribution in [0.3, 0.4) is 0 Å². The number of nitrogens with zero attached hydrogens (tertiary/aromatic N) is 4. The quantitative estimate of drug-likeness (QED) is 0.845. The zero-order valence-corrected chi connectivity index (χ0v) is 15.3. The third-order valence-electron chi connectivity index (χ3n) is 5.69. The second kappa shape index (κ2) is 6.30. The van der Waals surface area contributed by atoms with E-state index in [0.29, 0.717) is 6.54 Å². The average molecular weight is 338 g/mol. The minimum atomic E-state index is 0.202. The molecule has 0 bridgehead atoms. The van der Waals surface area contributed by atoms with E-state index in [9.17, 15) is 4.79 Å². The summed E-state index contributed by atoms with van der Waals surface area (Å²) >= 11 is 0. The number of amides is 1. The third-order valence-corrected chi connectivity index (χ3v) is 5.69. The van der Waals surface area contributed by atoms with Crippen molar-refractivity contribution in [1.29, 1.82) is 0 Å². The van der Waals surface area contributed by atoms with Crippen molar-refractivity contribution in [3.05, 3.63) is 47.0 Å². The Bertz CT molecular complexity index is 810. The van der Waals surface area contributed by atoms with Crippen LogP contribution < -0.4 is 4.90 Å². The van der Waals surface area contributed by atoms with Gasteiger partial charge in [-0.15, -0.1) is 0 Å². The first-order valence-corrected chi connectivity index (χ1v) is 9.19. The van der Waals surface area contributed by atoms with Crippen molar-refractivity contribution in [1.82, 2.24) is 14.5 Å². The number of para-hydroxylation sites is 1. The molecule has 2 aliphatic heterocycles. The minimum Gasteiger partial charge on any atom is -0.330 e. The first kappa shape index (κ1) is 16.3. The predicted octanol–water partition coefficient (Wildman–Crippen LogP) is 2.68. The number of aryl methyl sites for hydroxylation is 2. The second-order valence-corrected chi connectivity index (χ2v) is 7.34. The van der Waals surface area contributed by atoms with Crippen molar-refractivity contribution < 1.29 is 4.79 Å². The van der Waals surface area contributed by atoms with Crippen LogP contribution in [0.25, 0.3) is 0 Å². The number of carbonyl (C=O) groups excluding carboxylic acids is 1. The molecule has 25 heavy (non-hydrogen) atoms. The summed E-state index contributed by atoms with van der Waals surface area (Å²) in [6.07, 6.45) is 2.09. The largest absolute Gasteiger partial charge is 0.330 e. The molecule has 0 aliphatic carbocycles. The number of rotatable bonds is 2. The fourth-order valence-electron chi connectivity index (χ4n) is 4.13. The van der Waals surface area contributed by atoms with E-state index in [0.717, 1.165) is 49.7 Å². The van der Waals surface area contributed by atoms with Gasteiger partial charge >= 0.3 is 0 Å². The van der Waals surface area contributed by atoms with Gasteiger partial charge in [-0.2, -0.15) is 0 Å². The lowest BCUT2D eigenvalue weighted by atomic mass is 9.96. The standard InChI is InChI=1S/C20H26N4O/c1-14-8-9-17-6-4-5-7-18(17)24(14)20(25)13-22-10-11-23-16(3)15(2)21-19(23)12-22/h4-7,14H,8-13H2,1-3H3/t14-/m1/s1. The number of hydrogen-bond donors (Lipinski definition) is 0. The lowest BCUT2D eigenvalue weighted by Gasteiger charge is -2.37. The van der Waals surface area contributed by atoms with Crippen LogP contribution in [0.1, 0.15) is 36.1 Å². The van der Waals surface area contributed by atoms with Crippen molar-refractivity contribution in [2.24, 2.45) is 0 Å². The number of fused-ring (bicyclic) bond motifs is 2. The van der Waals surface area contributed by atoms with Crippen molar-refractivity contribution >= 4 is 11.6 Å². The molecule has 0 radical (unpaired) electrons. The van der Waals surface area contributed by atoms with Gasteiger partial charge in [0.2, 0.25) is 5.91 Å².